The lowest BCUT2D eigenvalue weighted by Gasteiger charge is -2.34. The van der Waals surface area contributed by atoms with Gasteiger partial charge in [-0.1, -0.05) is 17.7 Å². The predicted molar refractivity (Wildman–Crippen MR) is 74.3 cm³/mol. The quantitative estimate of drug-likeness (QED) is 0.834. The Morgan fingerprint density at radius 2 is 2.33 bits per heavy atom. The molecule has 100 valence electrons. The lowest BCUT2D eigenvalue weighted by atomic mass is 9.98. The Bertz CT molecular complexity index is 373. The molecule has 3 nitrogen and oxygen atoms in total. The van der Waals surface area contributed by atoms with E-state index in [9.17, 15) is 0 Å². The number of aliphatic hydroxyl groups is 1. The number of ether oxygens (including phenoxy) is 1. The Balaban J connectivity index is 1.90. The summed E-state index contributed by atoms with van der Waals surface area (Å²) >= 11 is 6.02. The first-order valence-electron chi connectivity index (χ1n) is 6.48. The second-order valence-electron chi connectivity index (χ2n) is 4.73. The first-order valence-corrected chi connectivity index (χ1v) is 6.86. The van der Waals surface area contributed by atoms with Gasteiger partial charge in [0.1, 0.15) is 0 Å². The summed E-state index contributed by atoms with van der Waals surface area (Å²) in [5.41, 5.74) is 1.19. The molecule has 0 saturated carbocycles. The Morgan fingerprint density at radius 1 is 1.44 bits per heavy atom. The van der Waals surface area contributed by atoms with Crippen LogP contribution in [0.5, 0.6) is 0 Å². The van der Waals surface area contributed by atoms with Gasteiger partial charge in [0.25, 0.3) is 0 Å². The molecule has 0 bridgehead atoms. The molecule has 0 aliphatic carbocycles. The number of piperidine rings is 1. The minimum atomic E-state index is 0.102. The average molecular weight is 270 g/mol. The smallest absolute Gasteiger partial charge is 0.0697 e. The highest BCUT2D eigenvalue weighted by Gasteiger charge is 2.20. The maximum absolute atomic E-state index is 8.71. The van der Waals surface area contributed by atoms with Crippen molar-refractivity contribution < 1.29 is 9.84 Å². The summed E-state index contributed by atoms with van der Waals surface area (Å²) in [5.74, 6) is 0.546. The van der Waals surface area contributed by atoms with E-state index in [2.05, 4.69) is 11.0 Å². The third-order valence-corrected chi connectivity index (χ3v) is 3.52. The van der Waals surface area contributed by atoms with Crippen LogP contribution in [0.15, 0.2) is 24.3 Å². The molecule has 2 rings (SSSR count). The zero-order chi connectivity index (χ0) is 12.8. The van der Waals surface area contributed by atoms with Crippen LogP contribution >= 0.6 is 11.6 Å². The molecule has 1 aromatic carbocycles. The monoisotopic (exact) mass is 269 g/mol. The van der Waals surface area contributed by atoms with Gasteiger partial charge < -0.3 is 14.7 Å². The molecule has 0 unspecified atom stereocenters. The van der Waals surface area contributed by atoms with Gasteiger partial charge in [-0.15, -0.1) is 0 Å². The Labute approximate surface area is 113 Å². The fraction of sp³-hybridized carbons (Fsp3) is 0.571. The molecular formula is C14H20ClNO2. The minimum absolute atomic E-state index is 0.102. The van der Waals surface area contributed by atoms with Crippen LogP contribution in [0, 0.1) is 5.92 Å². The zero-order valence-electron chi connectivity index (χ0n) is 10.5. The molecular weight excluding hydrogens is 250 g/mol. The molecule has 0 spiro atoms. The van der Waals surface area contributed by atoms with E-state index < -0.39 is 0 Å². The molecule has 0 amide bonds. The number of anilines is 1. The van der Waals surface area contributed by atoms with Crippen LogP contribution in [-0.4, -0.2) is 38.0 Å². The van der Waals surface area contributed by atoms with Crippen LogP contribution in [0.4, 0.5) is 5.69 Å². The van der Waals surface area contributed by atoms with Crippen molar-refractivity contribution in [2.75, 3.05) is 37.8 Å². The number of aliphatic hydroxyl groups excluding tert-OH is 1. The molecule has 1 saturated heterocycles. The number of hydrogen-bond acceptors (Lipinski definition) is 3. The van der Waals surface area contributed by atoms with E-state index in [1.54, 1.807) is 0 Å². The summed E-state index contributed by atoms with van der Waals surface area (Å²) in [6.45, 7) is 3.36. The Kier molecular flexibility index (Phi) is 5.29. The number of benzene rings is 1. The molecule has 1 heterocycles. The van der Waals surface area contributed by atoms with Crippen molar-refractivity contribution in [1.29, 1.82) is 0 Å². The summed E-state index contributed by atoms with van der Waals surface area (Å²) in [7, 11) is 0. The number of nitrogens with zero attached hydrogens (tertiary/aromatic N) is 1. The second-order valence-corrected chi connectivity index (χ2v) is 5.17. The molecule has 0 aromatic heterocycles. The van der Waals surface area contributed by atoms with Crippen molar-refractivity contribution in [2.45, 2.75) is 12.8 Å². The lowest BCUT2D eigenvalue weighted by Crippen LogP contribution is -2.37. The van der Waals surface area contributed by atoms with Crippen molar-refractivity contribution in [3.8, 4) is 0 Å². The predicted octanol–water partition coefficient (Wildman–Crippen LogP) is 2.57. The van der Waals surface area contributed by atoms with Gasteiger partial charge in [-0.05, 0) is 37.0 Å². The van der Waals surface area contributed by atoms with Gasteiger partial charge in [0.05, 0.1) is 19.8 Å². The standard InChI is InChI=1S/C14H20ClNO2/c15-13-4-1-5-14(9-13)16-6-2-3-12(10-16)11-18-8-7-17/h1,4-5,9,12,17H,2-3,6-8,10-11H2/t12-/m1/s1. The van der Waals surface area contributed by atoms with Crippen molar-refractivity contribution >= 4 is 17.3 Å². The molecule has 0 radical (unpaired) electrons. The molecule has 1 aliphatic heterocycles. The second kappa shape index (κ2) is 6.98. The van der Waals surface area contributed by atoms with Gasteiger partial charge in [-0.25, -0.2) is 0 Å². The average Bonchev–Trinajstić information content (AvgIpc) is 2.39. The first kappa shape index (κ1) is 13.7. The third-order valence-electron chi connectivity index (χ3n) is 3.28. The highest BCUT2D eigenvalue weighted by atomic mass is 35.5. The largest absolute Gasteiger partial charge is 0.394 e. The van der Waals surface area contributed by atoms with Crippen molar-refractivity contribution in [1.82, 2.24) is 0 Å². The summed E-state index contributed by atoms with van der Waals surface area (Å²) in [5, 5.41) is 9.49. The van der Waals surface area contributed by atoms with E-state index in [0.29, 0.717) is 12.5 Å². The van der Waals surface area contributed by atoms with Gasteiger partial charge in [-0.3, -0.25) is 0 Å². The summed E-state index contributed by atoms with van der Waals surface area (Å²) < 4.78 is 5.43. The van der Waals surface area contributed by atoms with Gasteiger partial charge >= 0.3 is 0 Å². The van der Waals surface area contributed by atoms with Gasteiger partial charge in [-0.2, -0.15) is 0 Å². The number of halogens is 1. The molecule has 18 heavy (non-hydrogen) atoms. The molecule has 1 fully saturated rings. The topological polar surface area (TPSA) is 32.7 Å². The SMILES string of the molecule is OCCOC[C@@H]1CCCN(c2cccc(Cl)c2)C1. The van der Waals surface area contributed by atoms with E-state index in [1.165, 1.54) is 18.5 Å². The molecule has 1 N–H and O–H groups in total. The van der Waals surface area contributed by atoms with E-state index in [0.717, 1.165) is 24.7 Å². The van der Waals surface area contributed by atoms with E-state index in [1.807, 2.05) is 18.2 Å². The third kappa shape index (κ3) is 3.87. The summed E-state index contributed by atoms with van der Waals surface area (Å²) in [4.78, 5) is 2.36. The van der Waals surface area contributed by atoms with E-state index in [-0.39, 0.29) is 6.61 Å². The van der Waals surface area contributed by atoms with Crippen molar-refractivity contribution in [3.63, 3.8) is 0 Å². The normalized spacial score (nSPS) is 20.1. The fourth-order valence-corrected chi connectivity index (χ4v) is 2.61. The van der Waals surface area contributed by atoms with Crippen molar-refractivity contribution in [3.05, 3.63) is 29.3 Å². The van der Waals surface area contributed by atoms with Gasteiger partial charge in [0.2, 0.25) is 0 Å². The van der Waals surface area contributed by atoms with Crippen LogP contribution in [0.1, 0.15) is 12.8 Å². The Morgan fingerprint density at radius 3 is 3.11 bits per heavy atom. The summed E-state index contributed by atoms with van der Waals surface area (Å²) in [6, 6.07) is 8.00. The minimum Gasteiger partial charge on any atom is -0.394 e. The summed E-state index contributed by atoms with van der Waals surface area (Å²) in [6.07, 6.45) is 2.38. The van der Waals surface area contributed by atoms with Gasteiger partial charge in [0, 0.05) is 23.8 Å². The zero-order valence-corrected chi connectivity index (χ0v) is 11.3. The molecule has 1 aliphatic rings. The van der Waals surface area contributed by atoms with E-state index >= 15 is 0 Å². The van der Waals surface area contributed by atoms with Crippen LogP contribution in [0.3, 0.4) is 0 Å². The maximum atomic E-state index is 8.71. The molecule has 1 atom stereocenters. The Hall–Kier alpha value is -0.770. The van der Waals surface area contributed by atoms with Crippen molar-refractivity contribution in [2.24, 2.45) is 5.92 Å². The molecule has 4 heteroatoms. The lowest BCUT2D eigenvalue weighted by molar-refractivity contribution is 0.0639. The highest BCUT2D eigenvalue weighted by molar-refractivity contribution is 6.30. The van der Waals surface area contributed by atoms with Crippen LogP contribution in [-0.2, 0) is 4.74 Å². The fourth-order valence-electron chi connectivity index (χ4n) is 2.42. The number of hydrogen-bond donors (Lipinski definition) is 1. The van der Waals surface area contributed by atoms with E-state index in [4.69, 9.17) is 21.4 Å². The van der Waals surface area contributed by atoms with Crippen LogP contribution in [0.2, 0.25) is 5.02 Å². The van der Waals surface area contributed by atoms with Crippen LogP contribution < -0.4 is 4.90 Å². The number of rotatable bonds is 5. The van der Waals surface area contributed by atoms with Crippen LogP contribution in [0.25, 0.3) is 0 Å². The first-order chi connectivity index (χ1) is 8.79. The maximum Gasteiger partial charge on any atom is 0.0697 e. The highest BCUT2D eigenvalue weighted by Crippen LogP contribution is 2.25. The molecule has 1 aromatic rings. The van der Waals surface area contributed by atoms with Gasteiger partial charge in [0.15, 0.2) is 0 Å².